The normalized spacial score (nSPS) is 13.0. The number of nitrogens with zero attached hydrogens (tertiary/aromatic N) is 1. The maximum absolute atomic E-state index is 14.2. The van der Waals surface area contributed by atoms with Crippen molar-refractivity contribution in [1.82, 2.24) is 10.2 Å². The Kier molecular flexibility index (Phi) is 15.6. The van der Waals surface area contributed by atoms with Crippen molar-refractivity contribution in [2.75, 3.05) is 13.1 Å². The predicted molar refractivity (Wildman–Crippen MR) is 243 cm³/mol. The molecule has 1 fully saturated rings. The summed E-state index contributed by atoms with van der Waals surface area (Å²) < 4.78 is 38.5. The van der Waals surface area contributed by atoms with Crippen molar-refractivity contribution in [2.45, 2.75) is 46.6 Å². The van der Waals surface area contributed by atoms with Gasteiger partial charge in [0.1, 0.15) is 27.2 Å². The van der Waals surface area contributed by atoms with Crippen LogP contribution in [0.25, 0.3) is 0 Å². The van der Waals surface area contributed by atoms with Crippen molar-refractivity contribution in [3.63, 3.8) is 0 Å². The zero-order chi connectivity index (χ0) is 49.5. The number of carboxylic acid groups (broad SMARTS) is 2. The lowest BCUT2D eigenvalue weighted by molar-refractivity contribution is -0.157. The molecule has 1 saturated heterocycles. The molecule has 1 aliphatic heterocycles. The number of carbonyl (C=O) groups excluding carboxylic acids is 4. The predicted octanol–water partition coefficient (Wildman–Crippen LogP) is 6.11. The molecule has 3 aromatic carbocycles. The quantitative estimate of drug-likeness (QED) is 0.0240. The molecular formula is C46H46F2N6O11S2. The number of aromatic hydroxyl groups is 1. The second-order valence-electron chi connectivity index (χ2n) is 16.6. The average molecular weight is 961 g/mol. The maximum atomic E-state index is 14.2. The summed E-state index contributed by atoms with van der Waals surface area (Å²) in [5.41, 5.74) is 9.45. The first-order chi connectivity index (χ1) is 31.3. The lowest BCUT2D eigenvalue weighted by Gasteiger charge is -2.41. The highest BCUT2D eigenvalue weighted by molar-refractivity contribution is 7.14. The minimum atomic E-state index is -1.31. The summed E-state index contributed by atoms with van der Waals surface area (Å²) in [6.45, 7) is 7.23. The van der Waals surface area contributed by atoms with E-state index >= 15 is 0 Å². The van der Waals surface area contributed by atoms with Crippen LogP contribution in [-0.4, -0.2) is 80.7 Å². The summed E-state index contributed by atoms with van der Waals surface area (Å²) in [6.07, 6.45) is 0.556. The second-order valence-corrected chi connectivity index (χ2v) is 19.0. The van der Waals surface area contributed by atoms with E-state index in [0.29, 0.717) is 16.9 Å². The zero-order valence-corrected chi connectivity index (χ0v) is 38.0. The van der Waals surface area contributed by atoms with E-state index in [0.717, 1.165) is 39.7 Å². The van der Waals surface area contributed by atoms with E-state index in [1.165, 1.54) is 59.5 Å². The summed E-state index contributed by atoms with van der Waals surface area (Å²) in [4.78, 5) is 76.6. The van der Waals surface area contributed by atoms with Crippen LogP contribution in [0.1, 0.15) is 79.5 Å². The van der Waals surface area contributed by atoms with Gasteiger partial charge in [0.2, 0.25) is 11.8 Å². The van der Waals surface area contributed by atoms with Crippen LogP contribution in [0.5, 0.6) is 17.2 Å². The third-order valence-corrected chi connectivity index (χ3v) is 12.4. The van der Waals surface area contributed by atoms with Crippen molar-refractivity contribution in [3.8, 4) is 17.2 Å². The Morgan fingerprint density at radius 3 is 1.58 bits per heavy atom. The monoisotopic (exact) mass is 960 g/mol. The largest absolute Gasteiger partial charge is 0.508 e. The molecule has 0 radical (unpaired) electrons. The van der Waals surface area contributed by atoms with Crippen LogP contribution >= 0.6 is 22.7 Å². The van der Waals surface area contributed by atoms with Gasteiger partial charge in [-0.15, -0.1) is 22.7 Å². The van der Waals surface area contributed by atoms with Crippen molar-refractivity contribution in [2.24, 2.45) is 28.2 Å². The molecule has 3 heterocycles. The molecule has 0 bridgehead atoms. The molecule has 2 aromatic heterocycles. The molecule has 0 spiro atoms. The van der Waals surface area contributed by atoms with Gasteiger partial charge in [0.25, 0.3) is 0 Å². The molecule has 21 heteroatoms. The highest BCUT2D eigenvalue weighted by atomic mass is 32.1. The third kappa shape index (κ3) is 12.9. The first kappa shape index (κ1) is 50.5. The topological polar surface area (TPSA) is 297 Å². The maximum Gasteiger partial charge on any atom is 0.353 e. The standard InChI is InChI=1S/C25H24FN3O6S.C21H22FN3O5S/c1-25(2,24(34)29-20(22(31)32)13-3-6-15(30)7-4-13)12-16-8-10-19(36-16)23(33)35-18-9-5-14(21(27)28)11-17(18)26;1-21(2,20(29)25-9-12(10-25)18(26)27)8-13-4-6-16(31-13)19(28)30-15-5-3-11(17(23)24)7-14(15)22/h3-11,20,30H,12H2,1-2H3,(H3,27,28)(H,29,34)(H,31,32);3-7,12H,8-10H2,1-2H3,(H3,23,24)(H,26,27)/t20-;/m1./s1. The Morgan fingerprint density at radius 1 is 0.731 bits per heavy atom. The first-order valence-corrected chi connectivity index (χ1v) is 21.7. The number of nitrogens with two attached hydrogens (primary N) is 2. The van der Waals surface area contributed by atoms with Gasteiger partial charge >= 0.3 is 23.9 Å². The number of carboxylic acids is 2. The molecule has 1 atom stereocenters. The molecule has 17 nitrogen and oxygen atoms in total. The van der Waals surface area contributed by atoms with E-state index in [1.54, 1.807) is 45.9 Å². The van der Waals surface area contributed by atoms with Gasteiger partial charge in [0.15, 0.2) is 29.2 Å². The van der Waals surface area contributed by atoms with E-state index in [4.69, 9.17) is 36.9 Å². The lowest BCUT2D eigenvalue weighted by Crippen LogP contribution is -2.56. The number of thiophene rings is 2. The highest BCUT2D eigenvalue weighted by Gasteiger charge is 2.42. The highest BCUT2D eigenvalue weighted by Crippen LogP contribution is 2.33. The van der Waals surface area contributed by atoms with Gasteiger partial charge in [0.05, 0.1) is 5.92 Å². The van der Waals surface area contributed by atoms with E-state index in [-0.39, 0.29) is 75.2 Å². The summed E-state index contributed by atoms with van der Waals surface area (Å²) in [5.74, 6) is -7.75. The lowest BCUT2D eigenvalue weighted by atomic mass is 9.84. The van der Waals surface area contributed by atoms with Crippen LogP contribution in [0.15, 0.2) is 84.9 Å². The second kappa shape index (κ2) is 20.8. The number of hydrogen-bond donors (Lipinski definition) is 8. The van der Waals surface area contributed by atoms with Crippen LogP contribution in [0.2, 0.25) is 0 Å². The van der Waals surface area contributed by atoms with Gasteiger partial charge in [-0.25, -0.2) is 23.2 Å². The molecule has 1 aliphatic rings. The number of rotatable bonds is 16. The number of carbonyl (C=O) groups is 6. The number of esters is 2. The van der Waals surface area contributed by atoms with Gasteiger partial charge in [0, 0.05) is 44.8 Å². The van der Waals surface area contributed by atoms with Gasteiger partial charge in [-0.05, 0) is 91.2 Å². The van der Waals surface area contributed by atoms with E-state index in [9.17, 15) is 47.8 Å². The number of phenols is 1. The van der Waals surface area contributed by atoms with E-state index in [2.05, 4.69) is 5.32 Å². The molecule has 2 amide bonds. The first-order valence-electron chi connectivity index (χ1n) is 20.1. The Balaban J connectivity index is 0.000000254. The number of aliphatic carboxylic acids is 2. The average Bonchev–Trinajstić information content (AvgIpc) is 3.90. The van der Waals surface area contributed by atoms with Crippen molar-refractivity contribution < 1.29 is 62.3 Å². The van der Waals surface area contributed by atoms with Gasteiger partial charge in [-0.3, -0.25) is 25.2 Å². The number of benzene rings is 3. The van der Waals surface area contributed by atoms with Crippen LogP contribution in [-0.2, 0) is 32.0 Å². The molecule has 0 aliphatic carbocycles. The molecular weight excluding hydrogens is 915 g/mol. The summed E-state index contributed by atoms with van der Waals surface area (Å²) >= 11 is 2.21. The van der Waals surface area contributed by atoms with E-state index < -0.39 is 64.2 Å². The molecule has 67 heavy (non-hydrogen) atoms. The van der Waals surface area contributed by atoms with Crippen LogP contribution < -0.4 is 26.3 Å². The molecule has 6 rings (SSSR count). The van der Waals surface area contributed by atoms with E-state index in [1.807, 2.05) is 0 Å². The fourth-order valence-corrected chi connectivity index (χ4v) is 8.73. The SMILES string of the molecule is CC(C)(Cc1ccc(C(=O)Oc2ccc(C(=N)N)cc2F)s1)C(=O)N1CC(C(=O)O)C1.CC(C)(Cc1ccc(C(=O)Oc2ccc(C(=N)N)cc2F)s1)C(=O)N[C@@H](C(=O)O)c1ccc(O)cc1. The van der Waals surface area contributed by atoms with Gasteiger partial charge < -0.3 is 46.5 Å². The fraction of sp³-hybridized carbons (Fsp3) is 0.261. The number of amidine groups is 2. The number of phenolic OH excluding ortho intramolecular Hbond substituents is 1. The summed E-state index contributed by atoms with van der Waals surface area (Å²) in [5, 5.41) is 45.1. The van der Waals surface area contributed by atoms with Crippen LogP contribution in [0, 0.1) is 39.2 Å². The number of nitrogen functional groups attached to an aromatic ring is 2. The van der Waals surface area contributed by atoms with Crippen molar-refractivity contribution in [3.05, 3.63) is 133 Å². The molecule has 352 valence electrons. The number of nitrogens with one attached hydrogen (secondary N) is 3. The summed E-state index contributed by atoms with van der Waals surface area (Å²) in [6, 6.07) is 17.8. The zero-order valence-electron chi connectivity index (χ0n) is 36.3. The molecule has 0 unspecified atom stereocenters. The fourth-order valence-electron chi connectivity index (χ4n) is 6.50. The van der Waals surface area contributed by atoms with Crippen molar-refractivity contribution >= 4 is 70.0 Å². The Bertz CT molecular complexity index is 2750. The number of hydrogen-bond acceptors (Lipinski definition) is 13. The number of ether oxygens (including phenoxy) is 2. The van der Waals surface area contributed by atoms with Gasteiger partial charge in [-0.2, -0.15) is 0 Å². The Labute approximate surface area is 390 Å². The van der Waals surface area contributed by atoms with Crippen LogP contribution in [0.4, 0.5) is 8.78 Å². The molecule has 10 N–H and O–H groups in total. The van der Waals surface area contributed by atoms with Gasteiger partial charge in [-0.1, -0.05) is 39.8 Å². The third-order valence-electron chi connectivity index (χ3n) is 10.3. The summed E-state index contributed by atoms with van der Waals surface area (Å²) in [7, 11) is 0. The molecule has 0 saturated carbocycles. The Hall–Kier alpha value is -7.52. The Morgan fingerprint density at radius 2 is 1.18 bits per heavy atom. The number of amides is 2. The molecule has 5 aromatic rings. The minimum absolute atomic E-state index is 0.0302. The minimum Gasteiger partial charge on any atom is -0.508 e. The smallest absolute Gasteiger partial charge is 0.353 e. The van der Waals surface area contributed by atoms with Crippen LogP contribution in [0.3, 0.4) is 0 Å². The number of halogens is 2. The van der Waals surface area contributed by atoms with Crippen molar-refractivity contribution in [1.29, 1.82) is 10.8 Å². The number of likely N-dealkylation sites (tertiary alicyclic amines) is 1.